The van der Waals surface area contributed by atoms with E-state index in [1.165, 1.54) is 24.3 Å². The first-order chi connectivity index (χ1) is 13.3. The smallest absolute Gasteiger partial charge is 0.295 e. The highest BCUT2D eigenvalue weighted by atomic mass is 16.6. The van der Waals surface area contributed by atoms with Crippen molar-refractivity contribution in [2.75, 3.05) is 13.2 Å². The lowest BCUT2D eigenvalue weighted by Crippen LogP contribution is -2.32. The summed E-state index contributed by atoms with van der Waals surface area (Å²) in [6, 6.07) is 11.2. The van der Waals surface area contributed by atoms with Gasteiger partial charge in [0.25, 0.3) is 17.4 Å². The number of hydrogen-bond acceptors (Lipinski definition) is 6. The molecule has 0 aromatic heterocycles. The van der Waals surface area contributed by atoms with E-state index in [-0.39, 0.29) is 30.2 Å². The van der Waals surface area contributed by atoms with Gasteiger partial charge in [-0.15, -0.1) is 0 Å². The Hall–Kier alpha value is -3.52. The van der Waals surface area contributed by atoms with Crippen LogP contribution in [0.3, 0.4) is 0 Å². The highest BCUT2D eigenvalue weighted by Gasteiger charge is 2.45. The van der Waals surface area contributed by atoms with E-state index >= 15 is 0 Å². The second-order valence-corrected chi connectivity index (χ2v) is 6.43. The topological polar surface area (TPSA) is 121 Å². The summed E-state index contributed by atoms with van der Waals surface area (Å²) in [7, 11) is 0. The molecule has 1 amide bonds. The van der Waals surface area contributed by atoms with Crippen molar-refractivity contribution in [3.8, 4) is 0 Å². The van der Waals surface area contributed by atoms with E-state index in [4.69, 9.17) is 0 Å². The number of aryl methyl sites for hydroxylation is 1. The maximum atomic E-state index is 12.6. The summed E-state index contributed by atoms with van der Waals surface area (Å²) in [5.41, 5.74) is 1.51. The minimum atomic E-state index is -0.950. The third-order valence-corrected chi connectivity index (χ3v) is 4.63. The second-order valence-electron chi connectivity index (χ2n) is 6.43. The Balaban J connectivity index is 2.15. The van der Waals surface area contributed by atoms with Gasteiger partial charge in [-0.25, -0.2) is 0 Å². The second kappa shape index (κ2) is 7.61. The largest absolute Gasteiger partial charge is 0.507 e. The van der Waals surface area contributed by atoms with Crippen LogP contribution in [0.25, 0.3) is 5.76 Å². The molecule has 3 rings (SSSR count). The quantitative estimate of drug-likeness (QED) is 0.269. The number of hydrogen-bond donors (Lipinski definition) is 2. The van der Waals surface area contributed by atoms with Crippen molar-refractivity contribution in [1.29, 1.82) is 0 Å². The minimum absolute atomic E-state index is 0.114. The summed E-state index contributed by atoms with van der Waals surface area (Å²) >= 11 is 0. The summed E-state index contributed by atoms with van der Waals surface area (Å²) in [6.07, 6.45) is 0. The Morgan fingerprint density at radius 2 is 1.71 bits per heavy atom. The number of carbonyl (C=O) groups is 2. The van der Waals surface area contributed by atoms with E-state index in [0.717, 1.165) is 10.5 Å². The summed E-state index contributed by atoms with van der Waals surface area (Å²) in [6.45, 7) is 1.39. The van der Waals surface area contributed by atoms with E-state index in [2.05, 4.69) is 0 Å². The number of amides is 1. The van der Waals surface area contributed by atoms with Crippen LogP contribution in [0.4, 0.5) is 5.69 Å². The van der Waals surface area contributed by atoms with Crippen molar-refractivity contribution in [2.45, 2.75) is 13.0 Å². The number of β-amino-alcohol motifs (C(OH)–C–C–N with tert-alkyl or cyclic N) is 1. The number of nitro groups is 1. The molecule has 2 aromatic carbocycles. The zero-order valence-electron chi connectivity index (χ0n) is 15.0. The lowest BCUT2D eigenvalue weighted by atomic mass is 9.95. The maximum absolute atomic E-state index is 12.6. The molecule has 0 aliphatic carbocycles. The molecule has 8 nitrogen and oxygen atoms in total. The SMILES string of the molecule is Cc1ccc(C(O)=C2C(=O)C(=O)N(CCO)C2c2ccc([N+](=O)[O-])cc2)cc1. The van der Waals surface area contributed by atoms with E-state index in [0.29, 0.717) is 11.1 Å². The third kappa shape index (κ3) is 3.37. The zero-order valence-corrected chi connectivity index (χ0v) is 15.0. The molecular weight excluding hydrogens is 364 g/mol. The molecule has 1 aliphatic heterocycles. The van der Waals surface area contributed by atoms with Gasteiger partial charge in [0.2, 0.25) is 0 Å². The molecule has 2 aromatic rings. The van der Waals surface area contributed by atoms with Crippen LogP contribution in [-0.4, -0.2) is 44.9 Å². The van der Waals surface area contributed by atoms with Crippen LogP contribution in [0.15, 0.2) is 54.1 Å². The molecule has 8 heteroatoms. The van der Waals surface area contributed by atoms with Gasteiger partial charge in [0.05, 0.1) is 23.1 Å². The first-order valence-electron chi connectivity index (χ1n) is 8.55. The van der Waals surface area contributed by atoms with Gasteiger partial charge in [-0.05, 0) is 24.6 Å². The van der Waals surface area contributed by atoms with E-state index in [1.807, 2.05) is 6.92 Å². The average Bonchev–Trinajstić information content (AvgIpc) is 2.93. The van der Waals surface area contributed by atoms with Crippen LogP contribution < -0.4 is 0 Å². The highest BCUT2D eigenvalue weighted by molar-refractivity contribution is 6.46. The normalized spacial score (nSPS) is 18.5. The summed E-state index contributed by atoms with van der Waals surface area (Å²) < 4.78 is 0. The molecule has 1 fully saturated rings. The van der Waals surface area contributed by atoms with Crippen molar-refractivity contribution in [2.24, 2.45) is 0 Å². The van der Waals surface area contributed by atoms with Crippen molar-refractivity contribution in [3.05, 3.63) is 80.9 Å². The number of non-ortho nitro benzene ring substituents is 1. The van der Waals surface area contributed by atoms with E-state index < -0.39 is 22.7 Å². The fourth-order valence-corrected chi connectivity index (χ4v) is 3.21. The lowest BCUT2D eigenvalue weighted by Gasteiger charge is -2.24. The molecule has 1 unspecified atom stereocenters. The van der Waals surface area contributed by atoms with Gasteiger partial charge >= 0.3 is 0 Å². The van der Waals surface area contributed by atoms with Gasteiger partial charge in [-0.2, -0.15) is 0 Å². The number of rotatable bonds is 5. The number of benzene rings is 2. The van der Waals surface area contributed by atoms with Crippen LogP contribution >= 0.6 is 0 Å². The van der Waals surface area contributed by atoms with Crippen LogP contribution in [0.5, 0.6) is 0 Å². The number of nitro benzene ring substituents is 1. The molecule has 28 heavy (non-hydrogen) atoms. The highest BCUT2D eigenvalue weighted by Crippen LogP contribution is 2.39. The zero-order chi connectivity index (χ0) is 20.4. The Morgan fingerprint density at radius 3 is 2.25 bits per heavy atom. The van der Waals surface area contributed by atoms with Gasteiger partial charge < -0.3 is 15.1 Å². The molecule has 1 atom stereocenters. The van der Waals surface area contributed by atoms with Crippen molar-refractivity contribution < 1.29 is 24.7 Å². The molecule has 1 heterocycles. The number of nitrogens with zero attached hydrogens (tertiary/aromatic N) is 2. The minimum Gasteiger partial charge on any atom is -0.507 e. The van der Waals surface area contributed by atoms with E-state index in [1.54, 1.807) is 24.3 Å². The maximum Gasteiger partial charge on any atom is 0.295 e. The monoisotopic (exact) mass is 382 g/mol. The summed E-state index contributed by atoms with van der Waals surface area (Å²) in [4.78, 5) is 36.6. The van der Waals surface area contributed by atoms with Gasteiger partial charge in [0, 0.05) is 24.2 Å². The standard InChI is InChI=1S/C20H18N2O6/c1-12-2-4-14(5-3-12)18(24)16-17(21(10-11-23)20(26)19(16)25)13-6-8-15(9-7-13)22(27)28/h2-9,17,23-24H,10-11H2,1H3. The number of aliphatic hydroxyl groups excluding tert-OH is 2. The van der Waals surface area contributed by atoms with Gasteiger partial charge in [0.15, 0.2) is 0 Å². The number of Topliss-reactive ketones (excluding diaryl/α,β-unsaturated/α-hetero) is 1. The number of aliphatic hydroxyl groups is 2. The Morgan fingerprint density at radius 1 is 1.11 bits per heavy atom. The summed E-state index contributed by atoms with van der Waals surface area (Å²) in [5, 5.41) is 31.0. The lowest BCUT2D eigenvalue weighted by molar-refractivity contribution is -0.384. The Labute approximate surface area is 160 Å². The van der Waals surface area contributed by atoms with Gasteiger partial charge in [0.1, 0.15) is 5.76 Å². The van der Waals surface area contributed by atoms with Gasteiger partial charge in [-0.3, -0.25) is 19.7 Å². The van der Waals surface area contributed by atoms with Crippen LogP contribution in [-0.2, 0) is 9.59 Å². The van der Waals surface area contributed by atoms with Crippen molar-refractivity contribution in [1.82, 2.24) is 4.90 Å². The molecule has 0 bridgehead atoms. The number of carbonyl (C=O) groups excluding carboxylic acids is 2. The van der Waals surface area contributed by atoms with Crippen LogP contribution in [0, 0.1) is 17.0 Å². The van der Waals surface area contributed by atoms with Crippen LogP contribution in [0.1, 0.15) is 22.7 Å². The predicted octanol–water partition coefficient (Wildman–Crippen LogP) is 2.32. The van der Waals surface area contributed by atoms with Gasteiger partial charge in [-0.1, -0.05) is 29.8 Å². The first kappa shape index (κ1) is 19.2. The fraction of sp³-hybridized carbons (Fsp3) is 0.200. The number of likely N-dealkylation sites (tertiary alicyclic amines) is 1. The number of ketones is 1. The molecule has 1 saturated heterocycles. The fourth-order valence-electron chi connectivity index (χ4n) is 3.21. The average molecular weight is 382 g/mol. The van der Waals surface area contributed by atoms with Crippen molar-refractivity contribution in [3.63, 3.8) is 0 Å². The molecule has 144 valence electrons. The molecule has 0 radical (unpaired) electrons. The first-order valence-corrected chi connectivity index (χ1v) is 8.55. The molecular formula is C20H18N2O6. The molecule has 1 aliphatic rings. The van der Waals surface area contributed by atoms with E-state index in [9.17, 15) is 29.9 Å². The Bertz CT molecular complexity index is 963. The van der Waals surface area contributed by atoms with Crippen LogP contribution in [0.2, 0.25) is 0 Å². The molecule has 0 spiro atoms. The van der Waals surface area contributed by atoms with Crippen molar-refractivity contribution >= 4 is 23.1 Å². The molecule has 0 saturated carbocycles. The molecule has 2 N–H and O–H groups in total. The Kier molecular flexibility index (Phi) is 5.23. The summed E-state index contributed by atoms with van der Waals surface area (Å²) in [5.74, 6) is -2.04. The third-order valence-electron chi connectivity index (χ3n) is 4.63. The predicted molar refractivity (Wildman–Crippen MR) is 100 cm³/mol.